The maximum absolute atomic E-state index is 6.09. The van der Waals surface area contributed by atoms with Gasteiger partial charge in [-0.1, -0.05) is 37.6 Å². The number of para-hydroxylation sites is 1. The van der Waals surface area contributed by atoms with Gasteiger partial charge < -0.3 is 0 Å². The number of benzene rings is 1. The molecule has 15 heavy (non-hydrogen) atoms. The van der Waals surface area contributed by atoms with Gasteiger partial charge >= 0.3 is 0 Å². The normalized spacial score (nSPS) is 11.2. The molecule has 2 nitrogen and oxygen atoms in total. The molecule has 0 aliphatic rings. The van der Waals surface area contributed by atoms with Crippen LogP contribution in [0.15, 0.2) is 24.3 Å². The summed E-state index contributed by atoms with van der Waals surface area (Å²) in [6, 6.07) is 7.81. The lowest BCUT2D eigenvalue weighted by Gasteiger charge is -2.05. The zero-order chi connectivity index (χ0) is 10.8. The molecule has 0 spiro atoms. The van der Waals surface area contributed by atoms with Crippen LogP contribution >= 0.6 is 11.6 Å². The summed E-state index contributed by atoms with van der Waals surface area (Å²) in [5.74, 6) is 1.37. The minimum Gasteiger partial charge on any atom is -0.233 e. The van der Waals surface area contributed by atoms with Crippen LogP contribution in [0.1, 0.15) is 19.7 Å². The molecule has 0 saturated carbocycles. The average molecular weight is 221 g/mol. The largest absolute Gasteiger partial charge is 0.233 e. The molecule has 0 saturated heterocycles. The van der Waals surface area contributed by atoms with Gasteiger partial charge in [0.1, 0.15) is 11.0 Å². The van der Waals surface area contributed by atoms with Gasteiger partial charge in [0.05, 0.1) is 5.52 Å². The van der Waals surface area contributed by atoms with Gasteiger partial charge in [-0.15, -0.1) is 0 Å². The van der Waals surface area contributed by atoms with Crippen LogP contribution in [0.5, 0.6) is 0 Å². The van der Waals surface area contributed by atoms with Crippen LogP contribution in [0.3, 0.4) is 0 Å². The first-order chi connectivity index (χ1) is 7.16. The molecular formula is C12H13ClN2. The number of nitrogens with zero attached hydrogens (tertiary/aromatic N) is 2. The summed E-state index contributed by atoms with van der Waals surface area (Å²) >= 11 is 6.09. The summed E-state index contributed by atoms with van der Waals surface area (Å²) in [4.78, 5) is 8.78. The van der Waals surface area contributed by atoms with Crippen molar-refractivity contribution in [2.45, 2.75) is 20.3 Å². The van der Waals surface area contributed by atoms with E-state index in [-0.39, 0.29) is 0 Å². The van der Waals surface area contributed by atoms with Crippen molar-refractivity contribution < 1.29 is 0 Å². The van der Waals surface area contributed by atoms with E-state index in [4.69, 9.17) is 11.6 Å². The highest BCUT2D eigenvalue weighted by Crippen LogP contribution is 2.20. The lowest BCUT2D eigenvalue weighted by atomic mass is 10.1. The Kier molecular flexibility index (Phi) is 2.87. The summed E-state index contributed by atoms with van der Waals surface area (Å²) in [7, 11) is 0. The van der Waals surface area contributed by atoms with Crippen molar-refractivity contribution in [3.8, 4) is 0 Å². The minimum atomic E-state index is 0.544. The van der Waals surface area contributed by atoms with Crippen molar-refractivity contribution in [2.24, 2.45) is 5.92 Å². The average Bonchev–Trinajstić information content (AvgIpc) is 2.16. The molecule has 1 aromatic heterocycles. The van der Waals surface area contributed by atoms with Gasteiger partial charge in [-0.2, -0.15) is 0 Å². The van der Waals surface area contributed by atoms with E-state index < -0.39 is 0 Å². The molecule has 0 N–H and O–H groups in total. The molecule has 3 heteroatoms. The Bertz CT molecular complexity index is 480. The van der Waals surface area contributed by atoms with Gasteiger partial charge in [0, 0.05) is 11.8 Å². The molecule has 0 bridgehead atoms. The third-order valence-corrected chi connectivity index (χ3v) is 2.48. The molecule has 2 aromatic rings. The molecule has 78 valence electrons. The Morgan fingerprint density at radius 2 is 1.93 bits per heavy atom. The number of aromatic nitrogens is 2. The fourth-order valence-electron chi connectivity index (χ4n) is 1.54. The Labute approximate surface area is 94.3 Å². The van der Waals surface area contributed by atoms with Gasteiger partial charge in [-0.3, -0.25) is 0 Å². The zero-order valence-electron chi connectivity index (χ0n) is 8.87. The molecule has 2 rings (SSSR count). The van der Waals surface area contributed by atoms with Crippen LogP contribution in [-0.2, 0) is 6.42 Å². The van der Waals surface area contributed by atoms with Crippen molar-refractivity contribution in [1.29, 1.82) is 0 Å². The molecule has 0 radical (unpaired) electrons. The third-order valence-electron chi connectivity index (χ3n) is 2.19. The van der Waals surface area contributed by atoms with Crippen molar-refractivity contribution in [3.05, 3.63) is 35.2 Å². The van der Waals surface area contributed by atoms with E-state index in [1.807, 2.05) is 24.3 Å². The van der Waals surface area contributed by atoms with Crippen LogP contribution < -0.4 is 0 Å². The molecule has 1 aromatic carbocycles. The van der Waals surface area contributed by atoms with E-state index in [0.29, 0.717) is 11.1 Å². The number of rotatable bonds is 2. The van der Waals surface area contributed by atoms with E-state index in [1.54, 1.807) is 0 Å². The number of fused-ring (bicyclic) bond motifs is 1. The summed E-state index contributed by atoms with van der Waals surface area (Å²) in [5.41, 5.74) is 0.924. The van der Waals surface area contributed by atoms with E-state index in [0.717, 1.165) is 23.1 Å². The second kappa shape index (κ2) is 4.15. The first-order valence-electron chi connectivity index (χ1n) is 5.08. The second-order valence-electron chi connectivity index (χ2n) is 4.05. The van der Waals surface area contributed by atoms with Crippen LogP contribution in [0.25, 0.3) is 10.9 Å². The van der Waals surface area contributed by atoms with Gasteiger partial charge in [-0.05, 0) is 18.1 Å². The standard InChI is InChI=1S/C12H13ClN2/c1-8(2)7-11-14-10-6-4-3-5-9(10)12(13)15-11/h3-6,8H,7H2,1-2H3. The molecular weight excluding hydrogens is 208 g/mol. The first kappa shape index (κ1) is 10.4. The lowest BCUT2D eigenvalue weighted by Crippen LogP contribution is -2.01. The lowest BCUT2D eigenvalue weighted by molar-refractivity contribution is 0.623. The first-order valence-corrected chi connectivity index (χ1v) is 5.46. The second-order valence-corrected chi connectivity index (χ2v) is 4.40. The highest BCUT2D eigenvalue weighted by molar-refractivity contribution is 6.34. The van der Waals surface area contributed by atoms with Crippen molar-refractivity contribution in [3.63, 3.8) is 0 Å². The van der Waals surface area contributed by atoms with E-state index in [9.17, 15) is 0 Å². The Hall–Kier alpha value is -1.15. The quantitative estimate of drug-likeness (QED) is 0.725. The van der Waals surface area contributed by atoms with Crippen LogP contribution in [0.4, 0.5) is 0 Å². The van der Waals surface area contributed by atoms with Gasteiger partial charge in [0.25, 0.3) is 0 Å². The number of hydrogen-bond acceptors (Lipinski definition) is 2. The molecule has 1 heterocycles. The highest BCUT2D eigenvalue weighted by atomic mass is 35.5. The molecule has 0 aliphatic heterocycles. The Balaban J connectivity index is 2.52. The fraction of sp³-hybridized carbons (Fsp3) is 0.333. The highest BCUT2D eigenvalue weighted by Gasteiger charge is 2.06. The van der Waals surface area contributed by atoms with Crippen molar-refractivity contribution >= 4 is 22.5 Å². The van der Waals surface area contributed by atoms with Gasteiger partial charge in [0.15, 0.2) is 0 Å². The fourth-order valence-corrected chi connectivity index (χ4v) is 1.80. The van der Waals surface area contributed by atoms with E-state index >= 15 is 0 Å². The maximum Gasteiger partial charge on any atom is 0.140 e. The predicted molar refractivity (Wildman–Crippen MR) is 63.1 cm³/mol. The number of halogens is 1. The molecule has 0 amide bonds. The number of hydrogen-bond donors (Lipinski definition) is 0. The third kappa shape index (κ3) is 2.26. The minimum absolute atomic E-state index is 0.544. The Morgan fingerprint density at radius 3 is 2.67 bits per heavy atom. The summed E-state index contributed by atoms with van der Waals surface area (Å²) in [6.45, 7) is 4.29. The van der Waals surface area contributed by atoms with E-state index in [1.165, 1.54) is 0 Å². The zero-order valence-corrected chi connectivity index (χ0v) is 9.62. The molecule has 0 aliphatic carbocycles. The smallest absolute Gasteiger partial charge is 0.140 e. The van der Waals surface area contributed by atoms with E-state index in [2.05, 4.69) is 23.8 Å². The summed E-state index contributed by atoms with van der Waals surface area (Å²) in [5, 5.41) is 1.47. The van der Waals surface area contributed by atoms with Gasteiger partial charge in [-0.25, -0.2) is 9.97 Å². The summed E-state index contributed by atoms with van der Waals surface area (Å²) < 4.78 is 0. The van der Waals surface area contributed by atoms with Gasteiger partial charge in [0.2, 0.25) is 0 Å². The van der Waals surface area contributed by atoms with Crippen molar-refractivity contribution in [2.75, 3.05) is 0 Å². The molecule has 0 atom stereocenters. The SMILES string of the molecule is CC(C)Cc1nc(Cl)c2ccccc2n1. The Morgan fingerprint density at radius 1 is 1.20 bits per heavy atom. The maximum atomic E-state index is 6.09. The van der Waals surface area contributed by atoms with Crippen LogP contribution in [0, 0.1) is 5.92 Å². The van der Waals surface area contributed by atoms with Crippen LogP contribution in [-0.4, -0.2) is 9.97 Å². The molecule has 0 fully saturated rings. The van der Waals surface area contributed by atoms with Crippen LogP contribution in [0.2, 0.25) is 5.15 Å². The topological polar surface area (TPSA) is 25.8 Å². The molecule has 0 unspecified atom stereocenters. The predicted octanol–water partition coefficient (Wildman–Crippen LogP) is 3.48. The summed E-state index contributed by atoms with van der Waals surface area (Å²) in [6.07, 6.45) is 0.866. The van der Waals surface area contributed by atoms with Crippen molar-refractivity contribution in [1.82, 2.24) is 9.97 Å². The monoisotopic (exact) mass is 220 g/mol.